The summed E-state index contributed by atoms with van der Waals surface area (Å²) in [5.74, 6) is -1.86. The molecule has 2 aromatic carbocycles. The van der Waals surface area contributed by atoms with Crippen LogP contribution in [-0.2, 0) is 9.53 Å². The molecule has 5 heteroatoms. The summed E-state index contributed by atoms with van der Waals surface area (Å²) in [7, 11) is 0. The van der Waals surface area contributed by atoms with Crippen molar-refractivity contribution in [2.24, 2.45) is 0 Å². The number of benzene rings is 2. The van der Waals surface area contributed by atoms with E-state index in [0.717, 1.165) is 11.6 Å². The second-order valence-electron chi connectivity index (χ2n) is 7.86. The van der Waals surface area contributed by atoms with Crippen LogP contribution in [0.25, 0.3) is 16.7 Å². The monoisotopic (exact) mass is 372 g/mol. The predicted octanol–water partition coefficient (Wildman–Crippen LogP) is 5.37. The SMILES string of the molecule is Cc1ccc(-c2cc(F)cc(F)c2)cc1C1=C(O)C(C)(C)OC(C)(C)C1=O. The van der Waals surface area contributed by atoms with Crippen LogP contribution >= 0.6 is 0 Å². The van der Waals surface area contributed by atoms with Gasteiger partial charge in [0.2, 0.25) is 0 Å². The van der Waals surface area contributed by atoms with Crippen molar-refractivity contribution in [3.05, 3.63) is 64.9 Å². The maximum atomic E-state index is 13.6. The van der Waals surface area contributed by atoms with Crippen molar-refractivity contribution in [3.63, 3.8) is 0 Å². The molecule has 0 amide bonds. The van der Waals surface area contributed by atoms with Gasteiger partial charge in [-0.1, -0.05) is 12.1 Å². The number of ether oxygens (including phenoxy) is 1. The van der Waals surface area contributed by atoms with E-state index in [1.54, 1.807) is 45.9 Å². The summed E-state index contributed by atoms with van der Waals surface area (Å²) in [6.07, 6.45) is 0. The molecule has 27 heavy (non-hydrogen) atoms. The van der Waals surface area contributed by atoms with Crippen LogP contribution in [0.15, 0.2) is 42.2 Å². The van der Waals surface area contributed by atoms with Crippen LogP contribution < -0.4 is 0 Å². The molecular weight excluding hydrogens is 350 g/mol. The summed E-state index contributed by atoms with van der Waals surface area (Å²) in [6.45, 7) is 8.51. The van der Waals surface area contributed by atoms with E-state index in [1.165, 1.54) is 12.1 Å². The third kappa shape index (κ3) is 3.39. The molecule has 0 fully saturated rings. The van der Waals surface area contributed by atoms with Crippen LogP contribution in [0.2, 0.25) is 0 Å². The lowest BCUT2D eigenvalue weighted by Crippen LogP contribution is -2.49. The lowest BCUT2D eigenvalue weighted by Gasteiger charge is -2.40. The average Bonchev–Trinajstić information content (AvgIpc) is 2.53. The van der Waals surface area contributed by atoms with Gasteiger partial charge in [0, 0.05) is 6.07 Å². The van der Waals surface area contributed by atoms with Crippen molar-refractivity contribution in [3.8, 4) is 11.1 Å². The van der Waals surface area contributed by atoms with E-state index in [9.17, 15) is 18.7 Å². The highest BCUT2D eigenvalue weighted by molar-refractivity contribution is 6.26. The highest BCUT2D eigenvalue weighted by Gasteiger charge is 2.47. The summed E-state index contributed by atoms with van der Waals surface area (Å²) in [5.41, 5.74) is 0.199. The van der Waals surface area contributed by atoms with Crippen LogP contribution in [0.1, 0.15) is 38.8 Å². The first-order valence-corrected chi connectivity index (χ1v) is 8.68. The Kier molecular flexibility index (Phi) is 4.47. The zero-order chi connectivity index (χ0) is 20.1. The first kappa shape index (κ1) is 19.2. The number of aliphatic hydroxyl groups is 1. The highest BCUT2D eigenvalue weighted by Crippen LogP contribution is 2.41. The molecular formula is C22H22F2O3. The van der Waals surface area contributed by atoms with Gasteiger partial charge in [-0.15, -0.1) is 0 Å². The number of hydrogen-bond acceptors (Lipinski definition) is 3. The molecule has 1 aliphatic heterocycles. The molecule has 3 rings (SSSR count). The summed E-state index contributed by atoms with van der Waals surface area (Å²) in [6, 6.07) is 8.42. The van der Waals surface area contributed by atoms with E-state index in [-0.39, 0.29) is 17.1 Å². The van der Waals surface area contributed by atoms with Gasteiger partial charge in [-0.2, -0.15) is 0 Å². The molecule has 0 unspecified atom stereocenters. The average molecular weight is 372 g/mol. The Morgan fingerprint density at radius 3 is 2.07 bits per heavy atom. The maximum Gasteiger partial charge on any atom is 0.198 e. The first-order chi connectivity index (χ1) is 12.4. The molecule has 1 N–H and O–H groups in total. The minimum absolute atomic E-state index is 0.155. The Morgan fingerprint density at radius 2 is 1.48 bits per heavy atom. The van der Waals surface area contributed by atoms with Crippen LogP contribution in [0.3, 0.4) is 0 Å². The number of ketones is 1. The molecule has 142 valence electrons. The second-order valence-corrected chi connectivity index (χ2v) is 7.86. The molecule has 0 radical (unpaired) electrons. The number of hydrogen-bond donors (Lipinski definition) is 1. The zero-order valence-corrected chi connectivity index (χ0v) is 16.0. The van der Waals surface area contributed by atoms with Gasteiger partial charge in [-0.3, -0.25) is 4.79 Å². The molecule has 0 saturated carbocycles. The molecule has 3 nitrogen and oxygen atoms in total. The molecule has 0 bridgehead atoms. The molecule has 1 heterocycles. The van der Waals surface area contributed by atoms with Gasteiger partial charge in [0.05, 0.1) is 5.57 Å². The van der Waals surface area contributed by atoms with E-state index >= 15 is 0 Å². The molecule has 0 aliphatic carbocycles. The van der Waals surface area contributed by atoms with Crippen molar-refractivity contribution in [1.82, 2.24) is 0 Å². The van der Waals surface area contributed by atoms with E-state index in [2.05, 4.69) is 0 Å². The number of carbonyl (C=O) groups is 1. The smallest absolute Gasteiger partial charge is 0.198 e. The van der Waals surface area contributed by atoms with Gasteiger partial charge in [0.15, 0.2) is 5.78 Å². The number of aliphatic hydroxyl groups excluding tert-OH is 1. The minimum atomic E-state index is -1.11. The number of carbonyl (C=O) groups excluding carboxylic acids is 1. The van der Waals surface area contributed by atoms with Gasteiger partial charge in [0.1, 0.15) is 28.6 Å². The lowest BCUT2D eigenvalue weighted by atomic mass is 9.81. The predicted molar refractivity (Wildman–Crippen MR) is 100 cm³/mol. The Morgan fingerprint density at radius 1 is 0.889 bits per heavy atom. The van der Waals surface area contributed by atoms with Crippen molar-refractivity contribution in [2.75, 3.05) is 0 Å². The third-order valence-electron chi connectivity index (χ3n) is 4.79. The highest BCUT2D eigenvalue weighted by atomic mass is 19.1. The molecule has 1 aliphatic rings. The van der Waals surface area contributed by atoms with Gasteiger partial charge >= 0.3 is 0 Å². The number of rotatable bonds is 2. The quantitative estimate of drug-likeness (QED) is 0.771. The number of Topliss-reactive ketones (excluding diaryl/α,β-unsaturated/α-hetero) is 1. The normalized spacial score (nSPS) is 18.7. The van der Waals surface area contributed by atoms with Gasteiger partial charge in [-0.25, -0.2) is 8.78 Å². The molecule has 2 aromatic rings. The van der Waals surface area contributed by atoms with Gasteiger partial charge in [-0.05, 0) is 75.1 Å². The Bertz CT molecular complexity index is 951. The molecule has 0 spiro atoms. The number of halogens is 2. The zero-order valence-electron chi connectivity index (χ0n) is 16.0. The molecule has 0 saturated heterocycles. The third-order valence-corrected chi connectivity index (χ3v) is 4.79. The number of aryl methyl sites for hydroxylation is 1. The Labute approximate surface area is 157 Å². The summed E-state index contributed by atoms with van der Waals surface area (Å²) >= 11 is 0. The standard InChI is InChI=1S/C22H22F2O3/c1-12-6-7-13(14-8-15(23)11-16(24)9-14)10-17(12)18-19(25)21(2,3)27-22(4,5)20(18)26/h6-11,25H,1-5H3. The fraction of sp³-hybridized carbons (Fsp3) is 0.318. The second kappa shape index (κ2) is 6.27. The van der Waals surface area contributed by atoms with E-state index in [4.69, 9.17) is 4.74 Å². The van der Waals surface area contributed by atoms with Gasteiger partial charge < -0.3 is 9.84 Å². The largest absolute Gasteiger partial charge is 0.508 e. The van der Waals surface area contributed by atoms with Crippen LogP contribution in [0.4, 0.5) is 8.78 Å². The Hall–Kier alpha value is -2.53. The first-order valence-electron chi connectivity index (χ1n) is 8.68. The summed E-state index contributed by atoms with van der Waals surface area (Å²) in [4.78, 5) is 13.0. The van der Waals surface area contributed by atoms with E-state index < -0.39 is 22.8 Å². The van der Waals surface area contributed by atoms with Crippen LogP contribution in [-0.4, -0.2) is 22.1 Å². The minimum Gasteiger partial charge on any atom is -0.508 e. The van der Waals surface area contributed by atoms with Crippen molar-refractivity contribution >= 4 is 11.4 Å². The fourth-order valence-corrected chi connectivity index (χ4v) is 3.48. The van der Waals surface area contributed by atoms with E-state index in [0.29, 0.717) is 16.7 Å². The topological polar surface area (TPSA) is 46.5 Å². The van der Waals surface area contributed by atoms with Gasteiger partial charge in [0.25, 0.3) is 0 Å². The summed E-state index contributed by atoms with van der Waals surface area (Å²) < 4.78 is 33.0. The Balaban J connectivity index is 2.24. The maximum absolute atomic E-state index is 13.6. The van der Waals surface area contributed by atoms with E-state index in [1.807, 2.05) is 6.92 Å². The van der Waals surface area contributed by atoms with Crippen molar-refractivity contribution in [1.29, 1.82) is 0 Å². The van der Waals surface area contributed by atoms with Crippen LogP contribution in [0, 0.1) is 18.6 Å². The summed E-state index contributed by atoms with van der Waals surface area (Å²) in [5, 5.41) is 10.7. The molecule has 0 aromatic heterocycles. The van der Waals surface area contributed by atoms with Crippen molar-refractivity contribution < 1.29 is 23.4 Å². The lowest BCUT2D eigenvalue weighted by molar-refractivity contribution is -0.158. The molecule has 0 atom stereocenters. The van der Waals surface area contributed by atoms with Crippen LogP contribution in [0.5, 0.6) is 0 Å². The fourth-order valence-electron chi connectivity index (χ4n) is 3.48. The van der Waals surface area contributed by atoms with Crippen molar-refractivity contribution in [2.45, 2.75) is 45.8 Å².